The molecule has 8 heteroatoms. The maximum atomic E-state index is 9.81. The molecule has 0 atom stereocenters. The van der Waals surface area contributed by atoms with Gasteiger partial charge in [-0.3, -0.25) is 0 Å². The fourth-order valence-corrected chi connectivity index (χ4v) is 2.73. The van der Waals surface area contributed by atoms with Crippen molar-refractivity contribution in [3.8, 4) is 17.5 Å². The SMILES string of the molecule is Oc1nc2nc(n1)Nc1ccc(cc1)OCCCCOc1ccc(cc1)CN2. The molecule has 144 valence electrons. The minimum absolute atomic E-state index is 0.252. The van der Waals surface area contributed by atoms with Gasteiger partial charge in [0.2, 0.25) is 11.9 Å². The summed E-state index contributed by atoms with van der Waals surface area (Å²) in [6.07, 6.45) is 1.83. The maximum Gasteiger partial charge on any atom is 0.320 e. The lowest BCUT2D eigenvalue weighted by atomic mass is 10.2. The Balaban J connectivity index is 1.56. The number of anilines is 3. The maximum absolute atomic E-state index is 9.81. The molecule has 1 aromatic heterocycles. The smallest absolute Gasteiger partial charge is 0.320 e. The molecule has 0 amide bonds. The summed E-state index contributed by atoms with van der Waals surface area (Å²) in [5.74, 6) is 2.16. The van der Waals surface area contributed by atoms with Crippen molar-refractivity contribution in [1.82, 2.24) is 15.0 Å². The predicted octanol–water partition coefficient (Wildman–Crippen LogP) is 3.48. The summed E-state index contributed by atoms with van der Waals surface area (Å²) in [5, 5.41) is 16.0. The van der Waals surface area contributed by atoms with Crippen molar-refractivity contribution in [2.45, 2.75) is 19.4 Å². The highest BCUT2D eigenvalue weighted by Gasteiger charge is 2.07. The molecule has 4 aliphatic rings. The van der Waals surface area contributed by atoms with Crippen LogP contribution < -0.4 is 20.1 Å². The van der Waals surface area contributed by atoms with Gasteiger partial charge in [0, 0.05) is 12.2 Å². The topological polar surface area (TPSA) is 101 Å². The molecular formula is C20H21N5O3. The molecule has 6 bridgehead atoms. The summed E-state index contributed by atoms with van der Waals surface area (Å²) in [7, 11) is 0. The first-order valence-corrected chi connectivity index (χ1v) is 9.15. The first-order valence-electron chi connectivity index (χ1n) is 9.15. The summed E-state index contributed by atoms with van der Waals surface area (Å²) >= 11 is 0. The number of aromatic hydroxyl groups is 1. The van der Waals surface area contributed by atoms with Crippen LogP contribution in [0.5, 0.6) is 17.5 Å². The quantitative estimate of drug-likeness (QED) is 0.546. The van der Waals surface area contributed by atoms with E-state index in [0.717, 1.165) is 35.6 Å². The summed E-state index contributed by atoms with van der Waals surface area (Å²) in [5.41, 5.74) is 1.82. The van der Waals surface area contributed by atoms with Gasteiger partial charge in [0.1, 0.15) is 11.5 Å². The molecule has 4 aliphatic heterocycles. The third-order valence-corrected chi connectivity index (χ3v) is 4.18. The Morgan fingerprint density at radius 1 is 0.750 bits per heavy atom. The second kappa shape index (κ2) is 8.43. The average molecular weight is 379 g/mol. The highest BCUT2D eigenvalue weighted by atomic mass is 16.5. The van der Waals surface area contributed by atoms with Crippen molar-refractivity contribution < 1.29 is 14.6 Å². The Morgan fingerprint density at radius 3 is 2.04 bits per heavy atom. The normalized spacial score (nSPS) is 14.3. The van der Waals surface area contributed by atoms with Gasteiger partial charge in [-0.05, 0) is 54.8 Å². The van der Waals surface area contributed by atoms with E-state index in [-0.39, 0.29) is 17.9 Å². The van der Waals surface area contributed by atoms with E-state index < -0.39 is 0 Å². The zero-order valence-electron chi connectivity index (χ0n) is 15.3. The molecule has 0 saturated heterocycles. The lowest BCUT2D eigenvalue weighted by molar-refractivity contribution is 0.266. The lowest BCUT2D eigenvalue weighted by Gasteiger charge is -2.11. The summed E-state index contributed by atoms with van der Waals surface area (Å²) in [4.78, 5) is 12.1. The second-order valence-corrected chi connectivity index (χ2v) is 6.33. The van der Waals surface area contributed by atoms with Crippen LogP contribution in [0.4, 0.5) is 17.6 Å². The van der Waals surface area contributed by atoms with Crippen molar-refractivity contribution >= 4 is 17.6 Å². The van der Waals surface area contributed by atoms with E-state index in [1.165, 1.54) is 0 Å². The van der Waals surface area contributed by atoms with E-state index in [9.17, 15) is 5.11 Å². The number of nitrogens with one attached hydrogen (secondary N) is 2. The molecule has 5 heterocycles. The van der Waals surface area contributed by atoms with Gasteiger partial charge in [0.25, 0.3) is 0 Å². The number of benzene rings is 2. The van der Waals surface area contributed by atoms with Crippen molar-refractivity contribution in [3.63, 3.8) is 0 Å². The van der Waals surface area contributed by atoms with Crippen LogP contribution in [0.3, 0.4) is 0 Å². The van der Waals surface area contributed by atoms with Crippen molar-refractivity contribution in [1.29, 1.82) is 0 Å². The first-order chi connectivity index (χ1) is 13.7. The van der Waals surface area contributed by atoms with E-state index in [2.05, 4.69) is 25.6 Å². The Morgan fingerprint density at radius 2 is 1.36 bits per heavy atom. The Kier molecular flexibility index (Phi) is 5.37. The fourth-order valence-electron chi connectivity index (χ4n) is 2.73. The zero-order chi connectivity index (χ0) is 19.2. The van der Waals surface area contributed by atoms with Crippen LogP contribution >= 0.6 is 0 Å². The molecule has 0 saturated carbocycles. The molecule has 0 unspecified atom stereocenters. The molecule has 28 heavy (non-hydrogen) atoms. The van der Waals surface area contributed by atoms with Crippen molar-refractivity contribution in [2.75, 3.05) is 23.8 Å². The Labute approximate surface area is 162 Å². The van der Waals surface area contributed by atoms with Gasteiger partial charge in [0.15, 0.2) is 0 Å². The number of rotatable bonds is 0. The first kappa shape index (κ1) is 17.8. The molecule has 3 aromatic rings. The number of hydrogen-bond acceptors (Lipinski definition) is 8. The Hall–Kier alpha value is -3.55. The van der Waals surface area contributed by atoms with Crippen LogP contribution in [0.25, 0.3) is 0 Å². The van der Waals surface area contributed by atoms with E-state index in [4.69, 9.17) is 9.47 Å². The number of nitrogens with zero attached hydrogens (tertiary/aromatic N) is 3. The number of hydrogen-bond donors (Lipinski definition) is 3. The largest absolute Gasteiger partial charge is 0.494 e. The lowest BCUT2D eigenvalue weighted by Crippen LogP contribution is -2.07. The van der Waals surface area contributed by atoms with E-state index in [0.29, 0.717) is 19.8 Å². The molecule has 0 radical (unpaired) electrons. The molecule has 2 aromatic carbocycles. The van der Waals surface area contributed by atoms with Gasteiger partial charge in [-0.25, -0.2) is 0 Å². The van der Waals surface area contributed by atoms with E-state index in [1.807, 2.05) is 48.5 Å². The highest BCUT2D eigenvalue weighted by molar-refractivity contribution is 5.55. The minimum Gasteiger partial charge on any atom is -0.494 e. The average Bonchev–Trinajstić information content (AvgIpc) is 2.70. The molecule has 3 N–H and O–H groups in total. The Bertz CT molecular complexity index is 916. The molecule has 0 fully saturated rings. The van der Waals surface area contributed by atoms with Crippen LogP contribution in [-0.4, -0.2) is 33.3 Å². The van der Waals surface area contributed by atoms with Crippen molar-refractivity contribution in [3.05, 3.63) is 54.1 Å². The van der Waals surface area contributed by atoms with Gasteiger partial charge in [0.05, 0.1) is 13.2 Å². The molecular weight excluding hydrogens is 358 g/mol. The summed E-state index contributed by atoms with van der Waals surface area (Å²) in [6, 6.07) is 14.9. The fraction of sp³-hybridized carbons (Fsp3) is 0.250. The monoisotopic (exact) mass is 379 g/mol. The standard InChI is InChI=1S/C20H21N5O3/c26-20-24-18-21-13-14-3-7-16(8-4-14)27-11-1-2-12-28-17-9-5-15(6-10-17)22-19(23-18)25-20/h3-10H,1-2,11-13H2,(H3,21,22,23,24,25,26). The second-order valence-electron chi connectivity index (χ2n) is 6.33. The third kappa shape index (κ3) is 4.79. The highest BCUT2D eigenvalue weighted by Crippen LogP contribution is 2.21. The van der Waals surface area contributed by atoms with Gasteiger partial charge in [-0.2, -0.15) is 15.0 Å². The molecule has 0 aliphatic carbocycles. The van der Waals surface area contributed by atoms with Gasteiger partial charge >= 0.3 is 6.01 Å². The summed E-state index contributed by atoms with van der Waals surface area (Å²) in [6.45, 7) is 1.79. The van der Waals surface area contributed by atoms with Gasteiger partial charge < -0.3 is 25.2 Å². The molecule has 7 rings (SSSR count). The molecule has 0 spiro atoms. The van der Waals surface area contributed by atoms with Crippen molar-refractivity contribution in [2.24, 2.45) is 0 Å². The van der Waals surface area contributed by atoms with Gasteiger partial charge in [-0.1, -0.05) is 12.1 Å². The zero-order valence-corrected chi connectivity index (χ0v) is 15.3. The molecule has 8 nitrogen and oxygen atoms in total. The van der Waals surface area contributed by atoms with Crippen LogP contribution in [0.15, 0.2) is 48.5 Å². The van der Waals surface area contributed by atoms with E-state index in [1.54, 1.807) is 0 Å². The summed E-state index contributed by atoms with van der Waals surface area (Å²) < 4.78 is 11.5. The third-order valence-electron chi connectivity index (χ3n) is 4.18. The van der Waals surface area contributed by atoms with Crippen LogP contribution in [0.2, 0.25) is 0 Å². The van der Waals surface area contributed by atoms with Crippen LogP contribution in [0.1, 0.15) is 18.4 Å². The predicted molar refractivity (Wildman–Crippen MR) is 105 cm³/mol. The number of ether oxygens (including phenoxy) is 2. The van der Waals surface area contributed by atoms with Crippen LogP contribution in [0, 0.1) is 0 Å². The van der Waals surface area contributed by atoms with Gasteiger partial charge in [-0.15, -0.1) is 0 Å². The van der Waals surface area contributed by atoms with E-state index >= 15 is 0 Å². The van der Waals surface area contributed by atoms with Crippen LogP contribution in [-0.2, 0) is 6.54 Å². The number of aromatic nitrogens is 3. The minimum atomic E-state index is -0.356.